The largest absolute Gasteiger partial charge is 0.465 e. The second-order valence-electron chi connectivity index (χ2n) is 5.07. The predicted octanol–water partition coefficient (Wildman–Crippen LogP) is 3.07. The van der Waals surface area contributed by atoms with Gasteiger partial charge in [0, 0.05) is 0 Å². The first-order valence-corrected chi connectivity index (χ1v) is 6.23. The molecule has 0 rings (SSSR count). The van der Waals surface area contributed by atoms with Crippen LogP contribution >= 0.6 is 0 Å². The first kappa shape index (κ1) is 23.2. The fourth-order valence-corrected chi connectivity index (χ4v) is 1.16. The molecular formula is C11H11F10NO3. The van der Waals surface area contributed by atoms with E-state index in [1.807, 2.05) is 0 Å². The number of hydrogen-bond acceptors (Lipinski definition) is 3. The Kier molecular flexibility index (Phi) is 6.73. The van der Waals surface area contributed by atoms with Crippen molar-refractivity contribution in [2.75, 3.05) is 6.61 Å². The maximum absolute atomic E-state index is 12.8. The van der Waals surface area contributed by atoms with Crippen LogP contribution in [0.5, 0.6) is 0 Å². The second-order valence-corrected chi connectivity index (χ2v) is 5.07. The molecule has 0 heterocycles. The van der Waals surface area contributed by atoms with Crippen LogP contribution in [0.2, 0.25) is 0 Å². The molecule has 0 spiro atoms. The van der Waals surface area contributed by atoms with E-state index in [0.29, 0.717) is 0 Å². The zero-order valence-electron chi connectivity index (χ0n) is 12.4. The van der Waals surface area contributed by atoms with E-state index in [9.17, 15) is 53.5 Å². The summed E-state index contributed by atoms with van der Waals surface area (Å²) in [6.07, 6.45) is -12.6. The summed E-state index contributed by atoms with van der Waals surface area (Å²) in [5.74, 6) is -18.8. The van der Waals surface area contributed by atoms with Crippen molar-refractivity contribution in [3.8, 4) is 0 Å². The number of rotatable bonds is 6. The Labute approximate surface area is 133 Å². The molecule has 0 saturated carbocycles. The molecule has 4 nitrogen and oxygen atoms in total. The highest BCUT2D eigenvalue weighted by Gasteiger charge is 2.65. The molecule has 0 aliphatic carbocycles. The average Bonchev–Trinajstić information content (AvgIpc) is 2.39. The van der Waals surface area contributed by atoms with Crippen LogP contribution in [0.3, 0.4) is 0 Å². The third kappa shape index (κ3) is 5.36. The summed E-state index contributed by atoms with van der Waals surface area (Å²) in [4.78, 5) is 21.7. The molecule has 1 amide bonds. The van der Waals surface area contributed by atoms with Crippen LogP contribution in [0.25, 0.3) is 0 Å². The van der Waals surface area contributed by atoms with Crippen LogP contribution < -0.4 is 5.32 Å². The molecule has 0 aromatic heterocycles. The molecule has 1 unspecified atom stereocenters. The Bertz CT molecular complexity index is 497. The van der Waals surface area contributed by atoms with Crippen LogP contribution in [-0.2, 0) is 14.3 Å². The van der Waals surface area contributed by atoms with Gasteiger partial charge in [-0.25, -0.2) is 4.79 Å². The molecule has 0 aromatic rings. The first-order chi connectivity index (χ1) is 10.9. The van der Waals surface area contributed by atoms with Crippen LogP contribution in [0.1, 0.15) is 13.8 Å². The predicted molar refractivity (Wildman–Crippen MR) is 59.7 cm³/mol. The number of nitrogens with one attached hydrogen (secondary N) is 1. The average molecular weight is 395 g/mol. The van der Waals surface area contributed by atoms with E-state index < -0.39 is 54.6 Å². The minimum atomic E-state index is -6.30. The van der Waals surface area contributed by atoms with Crippen molar-refractivity contribution >= 4 is 11.9 Å². The maximum Gasteiger partial charge on any atom is 0.465 e. The molecule has 0 fully saturated rings. The first-order valence-electron chi connectivity index (χ1n) is 6.23. The van der Waals surface area contributed by atoms with Gasteiger partial charge in [0.1, 0.15) is 6.61 Å². The number of halogens is 10. The summed E-state index contributed by atoms with van der Waals surface area (Å²) >= 11 is 0. The monoisotopic (exact) mass is 395 g/mol. The molecule has 0 aliphatic rings. The lowest BCUT2D eigenvalue weighted by atomic mass is 10.0. The lowest BCUT2D eigenvalue weighted by molar-refractivity contribution is -0.281. The number of carbonyl (C=O) groups excluding carboxylic acids is 2. The Morgan fingerprint density at radius 2 is 1.24 bits per heavy atom. The minimum absolute atomic E-state index is 1.06. The minimum Gasteiger partial charge on any atom is -0.459 e. The quantitative estimate of drug-likeness (QED) is 0.556. The third-order valence-corrected chi connectivity index (χ3v) is 2.77. The van der Waals surface area contributed by atoms with Gasteiger partial charge < -0.3 is 10.1 Å². The number of esters is 1. The summed E-state index contributed by atoms with van der Waals surface area (Å²) in [6.45, 7) is 0.695. The topological polar surface area (TPSA) is 55.4 Å². The second kappa shape index (κ2) is 7.23. The lowest BCUT2D eigenvalue weighted by Gasteiger charge is -2.26. The number of alkyl halides is 10. The van der Waals surface area contributed by atoms with Gasteiger partial charge in [-0.1, -0.05) is 13.8 Å². The molecule has 0 bridgehead atoms. The molecule has 0 radical (unpaired) electrons. The van der Waals surface area contributed by atoms with E-state index in [2.05, 4.69) is 4.74 Å². The van der Waals surface area contributed by atoms with Crippen LogP contribution in [0, 0.1) is 5.92 Å². The molecule has 0 aromatic carbocycles. The van der Waals surface area contributed by atoms with Crippen LogP contribution in [0.15, 0.2) is 0 Å². The molecule has 14 heteroatoms. The summed E-state index contributed by atoms with van der Waals surface area (Å²) in [7, 11) is 0. The highest BCUT2D eigenvalue weighted by atomic mass is 19.4. The molecule has 0 aliphatic heterocycles. The Hall–Kier alpha value is -1.76. The van der Waals surface area contributed by atoms with Crippen molar-refractivity contribution in [3.05, 3.63) is 0 Å². The van der Waals surface area contributed by atoms with E-state index >= 15 is 0 Å². The van der Waals surface area contributed by atoms with E-state index in [1.54, 1.807) is 0 Å². The number of amides is 1. The van der Waals surface area contributed by atoms with Gasteiger partial charge in [0.05, 0.1) is 6.04 Å². The maximum atomic E-state index is 12.8. The number of hydrogen-bond donors (Lipinski definition) is 1. The molecule has 1 atom stereocenters. The lowest BCUT2D eigenvalue weighted by Crippen LogP contribution is -2.55. The SMILES string of the molecule is CC(C)C(COC(=O)C(F)(F)C(F)(F)F)NC(=O)C(F)(F)C(F)(F)F. The summed E-state index contributed by atoms with van der Waals surface area (Å²) in [6, 6.07) is -1.88. The fourth-order valence-electron chi connectivity index (χ4n) is 1.16. The van der Waals surface area contributed by atoms with Crippen molar-refractivity contribution in [2.45, 2.75) is 44.1 Å². The molecule has 0 saturated heterocycles. The van der Waals surface area contributed by atoms with Gasteiger partial charge in [0.2, 0.25) is 0 Å². The normalized spacial score (nSPS) is 15.1. The van der Waals surface area contributed by atoms with Gasteiger partial charge in [0.15, 0.2) is 0 Å². The molecular weight excluding hydrogens is 384 g/mol. The van der Waals surface area contributed by atoms with Gasteiger partial charge in [-0.05, 0) is 5.92 Å². The zero-order chi connectivity index (χ0) is 20.4. The Morgan fingerprint density at radius 3 is 1.56 bits per heavy atom. The fraction of sp³-hybridized carbons (Fsp3) is 0.818. The molecule has 148 valence electrons. The van der Waals surface area contributed by atoms with Crippen LogP contribution in [-0.4, -0.2) is 48.7 Å². The molecule has 1 N–H and O–H groups in total. The summed E-state index contributed by atoms with van der Waals surface area (Å²) < 4.78 is 126. The van der Waals surface area contributed by atoms with Gasteiger partial charge in [-0.2, -0.15) is 43.9 Å². The summed E-state index contributed by atoms with van der Waals surface area (Å²) in [5.41, 5.74) is 0. The van der Waals surface area contributed by atoms with Crippen molar-refractivity contribution in [3.63, 3.8) is 0 Å². The van der Waals surface area contributed by atoms with Crippen molar-refractivity contribution in [2.24, 2.45) is 5.92 Å². The number of ether oxygens (including phenoxy) is 1. The van der Waals surface area contributed by atoms with Gasteiger partial charge in [-0.15, -0.1) is 0 Å². The van der Waals surface area contributed by atoms with Gasteiger partial charge in [-0.3, -0.25) is 4.79 Å². The van der Waals surface area contributed by atoms with Crippen molar-refractivity contribution in [1.29, 1.82) is 0 Å². The summed E-state index contributed by atoms with van der Waals surface area (Å²) in [5, 5.41) is 1.10. The standard InChI is InChI=1S/C11H11F10NO3/c1-4(2)5(22-6(23)8(12,13)10(16,17)18)3-25-7(24)9(14,15)11(19,20)21/h4-5H,3H2,1-2H3,(H,22,23). The van der Waals surface area contributed by atoms with E-state index in [-0.39, 0.29) is 0 Å². The number of carbonyl (C=O) groups is 2. The highest BCUT2D eigenvalue weighted by Crippen LogP contribution is 2.37. The van der Waals surface area contributed by atoms with Crippen molar-refractivity contribution in [1.82, 2.24) is 5.32 Å². The smallest absolute Gasteiger partial charge is 0.459 e. The van der Waals surface area contributed by atoms with Gasteiger partial charge >= 0.3 is 36.1 Å². The van der Waals surface area contributed by atoms with Crippen molar-refractivity contribution < 1.29 is 58.2 Å². The molecule has 25 heavy (non-hydrogen) atoms. The van der Waals surface area contributed by atoms with Crippen LogP contribution in [0.4, 0.5) is 43.9 Å². The van der Waals surface area contributed by atoms with E-state index in [0.717, 1.165) is 19.2 Å². The highest BCUT2D eigenvalue weighted by molar-refractivity contribution is 5.84. The Morgan fingerprint density at radius 1 is 0.840 bits per heavy atom. The van der Waals surface area contributed by atoms with Gasteiger partial charge in [0.25, 0.3) is 0 Å². The zero-order valence-corrected chi connectivity index (χ0v) is 12.4. The van der Waals surface area contributed by atoms with E-state index in [1.165, 1.54) is 0 Å². The Balaban J connectivity index is 5.08. The van der Waals surface area contributed by atoms with E-state index in [4.69, 9.17) is 0 Å². The third-order valence-electron chi connectivity index (χ3n) is 2.77.